The van der Waals surface area contributed by atoms with E-state index in [1.54, 1.807) is 0 Å². The Bertz CT molecular complexity index is 363. The summed E-state index contributed by atoms with van der Waals surface area (Å²) in [7, 11) is -0.755. The topological polar surface area (TPSA) is 60.9 Å². The normalized spacial score (nSPS) is 20.4. The molecule has 0 radical (unpaired) electrons. The van der Waals surface area contributed by atoms with Crippen molar-refractivity contribution in [2.45, 2.75) is 32.3 Å². The summed E-state index contributed by atoms with van der Waals surface area (Å²) in [6.45, 7) is 6.63. The van der Waals surface area contributed by atoms with E-state index in [0.29, 0.717) is 5.92 Å². The Hall–Kier alpha value is -0.170. The van der Waals surface area contributed by atoms with Crippen molar-refractivity contribution in [1.82, 2.24) is 9.80 Å². The Balaban J connectivity index is 2.16. The van der Waals surface area contributed by atoms with Crippen LogP contribution < -0.4 is 0 Å². The van der Waals surface area contributed by atoms with Crippen molar-refractivity contribution in [2.75, 3.05) is 51.8 Å². The second kappa shape index (κ2) is 8.32. The van der Waals surface area contributed by atoms with Gasteiger partial charge in [0.2, 0.25) is 0 Å². The highest BCUT2D eigenvalue weighted by Gasteiger charge is 2.21. The van der Waals surface area contributed by atoms with E-state index < -0.39 is 9.84 Å². The van der Waals surface area contributed by atoms with Crippen LogP contribution in [0.5, 0.6) is 0 Å². The molecule has 1 atom stereocenters. The minimum absolute atomic E-state index is 0.245. The minimum Gasteiger partial charge on any atom is -0.392 e. The summed E-state index contributed by atoms with van der Waals surface area (Å²) in [6, 6.07) is 0. The fraction of sp³-hybridized carbons (Fsp3) is 1.00. The van der Waals surface area contributed by atoms with Crippen LogP contribution >= 0.6 is 0 Å². The van der Waals surface area contributed by atoms with Gasteiger partial charge in [-0.25, -0.2) is 8.42 Å². The van der Waals surface area contributed by atoms with Crippen LogP contribution in [0.25, 0.3) is 0 Å². The van der Waals surface area contributed by atoms with E-state index in [9.17, 15) is 13.5 Å². The van der Waals surface area contributed by atoms with E-state index in [0.717, 1.165) is 39.1 Å². The van der Waals surface area contributed by atoms with Gasteiger partial charge in [0, 0.05) is 19.3 Å². The second-order valence-corrected chi connectivity index (χ2v) is 8.60. The molecule has 1 rings (SSSR count). The molecule has 120 valence electrons. The van der Waals surface area contributed by atoms with Crippen molar-refractivity contribution in [2.24, 2.45) is 5.92 Å². The lowest BCUT2D eigenvalue weighted by Gasteiger charge is -2.34. The van der Waals surface area contributed by atoms with E-state index in [4.69, 9.17) is 0 Å². The molecule has 0 aliphatic carbocycles. The number of aliphatic hydroxyl groups is 1. The van der Waals surface area contributed by atoms with E-state index in [1.807, 2.05) is 6.92 Å². The fourth-order valence-electron chi connectivity index (χ4n) is 2.85. The Labute approximate surface area is 123 Å². The van der Waals surface area contributed by atoms with Crippen LogP contribution in [0, 0.1) is 5.92 Å². The Morgan fingerprint density at radius 1 is 1.35 bits per heavy atom. The quantitative estimate of drug-likeness (QED) is 0.705. The standard InChI is InChI=1S/C14H30N2O3S/c1-13(17)11-16-8-5-14(6-9-16)12-15(2)7-4-10-20(3,18)19/h13-14,17H,4-12H2,1-3H3/t13-/m0/s1. The summed E-state index contributed by atoms with van der Waals surface area (Å²) in [5.41, 5.74) is 0. The number of hydrogen-bond acceptors (Lipinski definition) is 5. The molecule has 0 unspecified atom stereocenters. The first-order chi connectivity index (χ1) is 9.26. The maximum absolute atomic E-state index is 11.1. The Morgan fingerprint density at radius 3 is 2.45 bits per heavy atom. The lowest BCUT2D eigenvalue weighted by atomic mass is 9.96. The molecule has 1 aliphatic heterocycles. The van der Waals surface area contributed by atoms with Gasteiger partial charge in [-0.1, -0.05) is 0 Å². The third-order valence-corrected chi connectivity index (χ3v) is 4.88. The summed E-state index contributed by atoms with van der Waals surface area (Å²) in [4.78, 5) is 4.57. The molecular weight excluding hydrogens is 276 g/mol. The largest absolute Gasteiger partial charge is 0.392 e. The molecule has 0 aromatic rings. The molecule has 20 heavy (non-hydrogen) atoms. The van der Waals surface area contributed by atoms with Crippen molar-refractivity contribution in [3.63, 3.8) is 0 Å². The molecule has 0 aromatic heterocycles. The zero-order chi connectivity index (χ0) is 15.2. The predicted molar refractivity (Wildman–Crippen MR) is 82.7 cm³/mol. The van der Waals surface area contributed by atoms with Crippen molar-refractivity contribution in [3.05, 3.63) is 0 Å². The van der Waals surface area contributed by atoms with Crippen LogP contribution in [-0.4, -0.2) is 81.2 Å². The molecule has 1 fully saturated rings. The zero-order valence-electron chi connectivity index (χ0n) is 13.1. The van der Waals surface area contributed by atoms with Gasteiger partial charge in [-0.15, -0.1) is 0 Å². The fourth-order valence-corrected chi connectivity index (χ4v) is 3.51. The summed E-state index contributed by atoms with van der Waals surface area (Å²) in [5.74, 6) is 0.980. The average molecular weight is 306 g/mol. The first-order valence-corrected chi connectivity index (χ1v) is 9.59. The van der Waals surface area contributed by atoms with E-state index in [2.05, 4.69) is 16.8 Å². The van der Waals surface area contributed by atoms with Crippen LogP contribution in [-0.2, 0) is 9.84 Å². The van der Waals surface area contributed by atoms with E-state index >= 15 is 0 Å². The third kappa shape index (κ3) is 8.19. The first-order valence-electron chi connectivity index (χ1n) is 7.53. The van der Waals surface area contributed by atoms with Crippen LogP contribution in [0.1, 0.15) is 26.2 Å². The highest BCUT2D eigenvalue weighted by atomic mass is 32.2. The lowest BCUT2D eigenvalue weighted by Crippen LogP contribution is -2.40. The van der Waals surface area contributed by atoms with Gasteiger partial charge in [-0.2, -0.15) is 0 Å². The van der Waals surface area contributed by atoms with Gasteiger partial charge in [-0.3, -0.25) is 0 Å². The summed E-state index contributed by atoms with van der Waals surface area (Å²) in [6.07, 6.45) is 4.11. The molecule has 0 aromatic carbocycles. The third-order valence-electron chi connectivity index (χ3n) is 3.85. The monoisotopic (exact) mass is 306 g/mol. The number of nitrogens with zero attached hydrogens (tertiary/aromatic N) is 2. The van der Waals surface area contributed by atoms with Crippen molar-refractivity contribution < 1.29 is 13.5 Å². The van der Waals surface area contributed by atoms with Gasteiger partial charge < -0.3 is 14.9 Å². The number of hydrogen-bond donors (Lipinski definition) is 1. The van der Waals surface area contributed by atoms with Crippen LogP contribution in [0.4, 0.5) is 0 Å². The smallest absolute Gasteiger partial charge is 0.147 e. The highest BCUT2D eigenvalue weighted by molar-refractivity contribution is 7.90. The summed E-state index contributed by atoms with van der Waals surface area (Å²) < 4.78 is 22.2. The Morgan fingerprint density at radius 2 is 1.95 bits per heavy atom. The van der Waals surface area contributed by atoms with Gasteiger partial charge in [-0.05, 0) is 58.8 Å². The molecule has 0 amide bonds. The average Bonchev–Trinajstić information content (AvgIpc) is 2.29. The van der Waals surface area contributed by atoms with Crippen LogP contribution in [0.2, 0.25) is 0 Å². The molecule has 0 bridgehead atoms. The number of aliphatic hydroxyl groups excluding tert-OH is 1. The molecular formula is C14H30N2O3S. The SMILES string of the molecule is C[C@H](O)CN1CCC(CN(C)CCCS(C)(=O)=O)CC1. The van der Waals surface area contributed by atoms with Crippen molar-refractivity contribution >= 4 is 9.84 Å². The molecule has 5 nitrogen and oxygen atoms in total. The van der Waals surface area contributed by atoms with Crippen molar-refractivity contribution in [3.8, 4) is 0 Å². The summed E-state index contributed by atoms with van der Waals surface area (Å²) >= 11 is 0. The number of likely N-dealkylation sites (tertiary alicyclic amines) is 1. The van der Waals surface area contributed by atoms with Gasteiger partial charge in [0.05, 0.1) is 11.9 Å². The van der Waals surface area contributed by atoms with Gasteiger partial charge in [0.15, 0.2) is 0 Å². The first kappa shape index (κ1) is 17.9. The molecule has 1 aliphatic rings. The molecule has 0 saturated carbocycles. The molecule has 1 N–H and O–H groups in total. The number of piperidine rings is 1. The summed E-state index contributed by atoms with van der Waals surface area (Å²) in [5, 5.41) is 9.38. The van der Waals surface area contributed by atoms with Crippen LogP contribution in [0.3, 0.4) is 0 Å². The minimum atomic E-state index is -2.83. The highest BCUT2D eigenvalue weighted by Crippen LogP contribution is 2.18. The van der Waals surface area contributed by atoms with Gasteiger partial charge in [0.1, 0.15) is 9.84 Å². The predicted octanol–water partition coefficient (Wildman–Crippen LogP) is 0.446. The molecule has 0 spiro atoms. The van der Waals surface area contributed by atoms with Crippen molar-refractivity contribution in [1.29, 1.82) is 0 Å². The lowest BCUT2D eigenvalue weighted by molar-refractivity contribution is 0.0926. The van der Waals surface area contributed by atoms with Gasteiger partial charge >= 0.3 is 0 Å². The molecule has 1 heterocycles. The van der Waals surface area contributed by atoms with E-state index in [-0.39, 0.29) is 11.9 Å². The van der Waals surface area contributed by atoms with Crippen LogP contribution in [0.15, 0.2) is 0 Å². The second-order valence-electron chi connectivity index (χ2n) is 6.34. The maximum atomic E-state index is 11.1. The molecule has 6 heteroatoms. The number of rotatable bonds is 8. The maximum Gasteiger partial charge on any atom is 0.147 e. The van der Waals surface area contributed by atoms with E-state index in [1.165, 1.54) is 19.1 Å². The number of sulfone groups is 1. The molecule has 1 saturated heterocycles. The zero-order valence-corrected chi connectivity index (χ0v) is 13.9. The Kier molecular flexibility index (Phi) is 7.43. The number of β-amino-alcohol motifs (C(OH)–C–C–N with tert-alkyl or cyclic N) is 1. The van der Waals surface area contributed by atoms with Gasteiger partial charge in [0.25, 0.3) is 0 Å².